The molecule has 0 bridgehead atoms. The Balaban J connectivity index is 1.88. The van der Waals surface area contributed by atoms with Crippen LogP contribution in [0, 0.1) is 6.92 Å². The van der Waals surface area contributed by atoms with Crippen molar-refractivity contribution < 1.29 is 4.74 Å². The van der Waals surface area contributed by atoms with Crippen LogP contribution in [0.3, 0.4) is 0 Å². The largest absolute Gasteiger partial charge is 0.378 e. The van der Waals surface area contributed by atoms with Gasteiger partial charge in [0.05, 0.1) is 6.10 Å². The molecule has 0 unspecified atom stereocenters. The second-order valence-corrected chi connectivity index (χ2v) is 5.00. The first-order valence-electron chi connectivity index (χ1n) is 7.19. The van der Waals surface area contributed by atoms with E-state index in [9.17, 15) is 0 Å². The lowest BCUT2D eigenvalue weighted by molar-refractivity contribution is 0.00292. The molecule has 2 rings (SSSR count). The summed E-state index contributed by atoms with van der Waals surface area (Å²) in [6, 6.07) is 2.46. The summed E-state index contributed by atoms with van der Waals surface area (Å²) in [7, 11) is 0. The monoisotopic (exact) mass is 264 g/mol. The molecule has 0 aromatic carbocycles. The van der Waals surface area contributed by atoms with Gasteiger partial charge in [0.2, 0.25) is 0 Å². The number of ether oxygens (including phenoxy) is 1. The quantitative estimate of drug-likeness (QED) is 0.792. The molecular formula is C14H24N4O. The Kier molecular flexibility index (Phi) is 4.96. The Morgan fingerprint density at radius 2 is 2.00 bits per heavy atom. The van der Waals surface area contributed by atoms with E-state index < -0.39 is 0 Å². The number of aromatic nitrogens is 2. The van der Waals surface area contributed by atoms with Crippen molar-refractivity contribution >= 4 is 11.6 Å². The maximum Gasteiger partial charge on any atom is 0.132 e. The van der Waals surface area contributed by atoms with Gasteiger partial charge in [-0.3, -0.25) is 0 Å². The molecule has 1 heterocycles. The van der Waals surface area contributed by atoms with Crippen LogP contribution in [0.2, 0.25) is 0 Å². The fourth-order valence-corrected chi connectivity index (χ4v) is 2.25. The van der Waals surface area contributed by atoms with E-state index in [1.807, 2.05) is 19.9 Å². The molecular weight excluding hydrogens is 240 g/mol. The number of hydrogen-bond donors (Lipinski definition) is 2. The number of nitrogens with zero attached hydrogens (tertiary/aromatic N) is 2. The lowest BCUT2D eigenvalue weighted by atomic mass is 9.89. The van der Waals surface area contributed by atoms with E-state index in [0.717, 1.165) is 49.9 Å². The molecule has 0 saturated heterocycles. The summed E-state index contributed by atoms with van der Waals surface area (Å²) in [5.74, 6) is 2.60. The molecule has 1 aromatic rings. The lowest BCUT2D eigenvalue weighted by Crippen LogP contribution is -2.41. The normalized spacial score (nSPS) is 21.8. The van der Waals surface area contributed by atoms with Crippen LogP contribution < -0.4 is 10.6 Å². The van der Waals surface area contributed by atoms with Crippen LogP contribution in [-0.4, -0.2) is 35.3 Å². The molecule has 1 aromatic heterocycles. The van der Waals surface area contributed by atoms with Gasteiger partial charge in [0, 0.05) is 25.3 Å². The summed E-state index contributed by atoms with van der Waals surface area (Å²) in [5.41, 5.74) is 0. The highest BCUT2D eigenvalue weighted by molar-refractivity contribution is 5.48. The topological polar surface area (TPSA) is 59.1 Å². The van der Waals surface area contributed by atoms with Crippen molar-refractivity contribution in [3.8, 4) is 0 Å². The summed E-state index contributed by atoms with van der Waals surface area (Å²) in [6.45, 7) is 7.84. The minimum Gasteiger partial charge on any atom is -0.378 e. The Hall–Kier alpha value is -1.36. The molecule has 5 nitrogen and oxygen atoms in total. The Morgan fingerprint density at radius 3 is 2.68 bits per heavy atom. The average molecular weight is 264 g/mol. The fourth-order valence-electron chi connectivity index (χ4n) is 2.25. The van der Waals surface area contributed by atoms with Crippen LogP contribution >= 0.6 is 0 Å². The van der Waals surface area contributed by atoms with Gasteiger partial charge in [0.25, 0.3) is 0 Å². The van der Waals surface area contributed by atoms with Crippen LogP contribution in [0.15, 0.2) is 6.07 Å². The van der Waals surface area contributed by atoms with Gasteiger partial charge in [-0.2, -0.15) is 0 Å². The van der Waals surface area contributed by atoms with Crippen molar-refractivity contribution in [1.82, 2.24) is 9.97 Å². The van der Waals surface area contributed by atoms with Crippen molar-refractivity contribution in [2.45, 2.75) is 52.2 Å². The van der Waals surface area contributed by atoms with Gasteiger partial charge in [0.1, 0.15) is 17.5 Å². The van der Waals surface area contributed by atoms with Crippen molar-refractivity contribution in [3.63, 3.8) is 0 Å². The van der Waals surface area contributed by atoms with E-state index >= 15 is 0 Å². The van der Waals surface area contributed by atoms with Crippen LogP contribution in [0.1, 0.15) is 38.9 Å². The summed E-state index contributed by atoms with van der Waals surface area (Å²) in [4.78, 5) is 8.81. The third kappa shape index (κ3) is 4.06. The predicted molar refractivity (Wildman–Crippen MR) is 77.6 cm³/mol. The molecule has 2 N–H and O–H groups in total. The van der Waals surface area contributed by atoms with Gasteiger partial charge in [-0.05, 0) is 33.1 Å². The first kappa shape index (κ1) is 14.1. The number of rotatable bonds is 7. The van der Waals surface area contributed by atoms with E-state index in [1.54, 1.807) is 0 Å². The molecule has 0 spiro atoms. The van der Waals surface area contributed by atoms with E-state index in [-0.39, 0.29) is 0 Å². The number of hydrogen-bond acceptors (Lipinski definition) is 5. The summed E-state index contributed by atoms with van der Waals surface area (Å²) < 4.78 is 5.56. The van der Waals surface area contributed by atoms with E-state index in [2.05, 4.69) is 27.5 Å². The first-order valence-corrected chi connectivity index (χ1v) is 7.19. The van der Waals surface area contributed by atoms with Crippen molar-refractivity contribution in [2.24, 2.45) is 0 Å². The van der Waals surface area contributed by atoms with Crippen LogP contribution in [0.5, 0.6) is 0 Å². The molecule has 1 aliphatic carbocycles. The van der Waals surface area contributed by atoms with Crippen LogP contribution in [0.25, 0.3) is 0 Å². The van der Waals surface area contributed by atoms with Gasteiger partial charge in [-0.1, -0.05) is 6.92 Å². The highest BCUT2D eigenvalue weighted by Gasteiger charge is 2.29. The van der Waals surface area contributed by atoms with Gasteiger partial charge < -0.3 is 15.4 Å². The molecule has 5 heteroatoms. The second kappa shape index (κ2) is 6.70. The zero-order chi connectivity index (χ0) is 13.7. The highest BCUT2D eigenvalue weighted by atomic mass is 16.5. The molecule has 1 aliphatic rings. The van der Waals surface area contributed by atoms with Crippen molar-refractivity contribution in [1.29, 1.82) is 0 Å². The van der Waals surface area contributed by atoms with Crippen molar-refractivity contribution in [2.75, 3.05) is 23.8 Å². The number of nitrogens with one attached hydrogen (secondary N) is 2. The number of aryl methyl sites for hydroxylation is 1. The summed E-state index contributed by atoms with van der Waals surface area (Å²) >= 11 is 0. The van der Waals surface area contributed by atoms with E-state index in [0.29, 0.717) is 12.1 Å². The minimum absolute atomic E-state index is 0.420. The smallest absolute Gasteiger partial charge is 0.132 e. The molecule has 0 radical (unpaired) electrons. The number of anilines is 2. The maximum absolute atomic E-state index is 5.56. The van der Waals surface area contributed by atoms with Gasteiger partial charge in [-0.25, -0.2) is 9.97 Å². The maximum atomic E-state index is 5.56. The third-order valence-corrected chi connectivity index (χ3v) is 3.24. The van der Waals surface area contributed by atoms with Crippen molar-refractivity contribution in [3.05, 3.63) is 11.9 Å². The van der Waals surface area contributed by atoms with Crippen LogP contribution in [0.4, 0.5) is 11.6 Å². The summed E-state index contributed by atoms with van der Waals surface area (Å²) in [5, 5.41) is 6.75. The summed E-state index contributed by atoms with van der Waals surface area (Å²) in [6.07, 6.45) is 3.64. The second-order valence-electron chi connectivity index (χ2n) is 5.00. The molecule has 0 amide bonds. The molecule has 106 valence electrons. The van der Waals surface area contributed by atoms with E-state index in [1.165, 1.54) is 0 Å². The molecule has 0 aliphatic heterocycles. The van der Waals surface area contributed by atoms with E-state index in [4.69, 9.17) is 4.74 Å². The standard InChI is InChI=1S/C14H24N4O/c1-4-6-15-13-9-14(17-10(3)16-13)18-11-7-12(8-11)19-5-2/h9,11-12H,4-8H2,1-3H3,(H2,15,16,17,18). The first-order chi connectivity index (χ1) is 9.21. The lowest BCUT2D eigenvalue weighted by Gasteiger charge is -2.35. The van der Waals surface area contributed by atoms with Crippen LogP contribution in [-0.2, 0) is 4.74 Å². The van der Waals surface area contributed by atoms with Gasteiger partial charge in [-0.15, -0.1) is 0 Å². The predicted octanol–water partition coefficient (Wildman–Crippen LogP) is 2.59. The Labute approximate surface area is 115 Å². The Morgan fingerprint density at radius 1 is 1.26 bits per heavy atom. The molecule has 19 heavy (non-hydrogen) atoms. The van der Waals surface area contributed by atoms with Gasteiger partial charge >= 0.3 is 0 Å². The fraction of sp³-hybridized carbons (Fsp3) is 0.714. The molecule has 0 atom stereocenters. The average Bonchev–Trinajstić information content (AvgIpc) is 2.33. The van der Waals surface area contributed by atoms with Gasteiger partial charge in [0.15, 0.2) is 0 Å². The zero-order valence-electron chi connectivity index (χ0n) is 12.1. The highest BCUT2D eigenvalue weighted by Crippen LogP contribution is 2.26. The zero-order valence-corrected chi connectivity index (χ0v) is 12.1. The Bertz CT molecular complexity index is 404. The molecule has 1 fully saturated rings. The minimum atomic E-state index is 0.420. The SMILES string of the molecule is CCCNc1cc(NC2CC(OCC)C2)nc(C)n1. The molecule has 1 saturated carbocycles. The third-order valence-electron chi connectivity index (χ3n) is 3.24.